The van der Waals surface area contributed by atoms with E-state index >= 15 is 0 Å². The van der Waals surface area contributed by atoms with Gasteiger partial charge in [-0.1, -0.05) is 23.7 Å². The molecule has 10 heteroatoms. The van der Waals surface area contributed by atoms with E-state index in [1.807, 2.05) is 6.07 Å². The van der Waals surface area contributed by atoms with E-state index in [2.05, 4.69) is 10.4 Å². The molecule has 3 aromatic rings. The van der Waals surface area contributed by atoms with E-state index in [9.17, 15) is 18.0 Å². The van der Waals surface area contributed by atoms with Crippen molar-refractivity contribution in [2.45, 2.75) is 12.7 Å². The molecule has 154 valence electrons. The van der Waals surface area contributed by atoms with Crippen LogP contribution in [0.15, 0.2) is 54.7 Å². The van der Waals surface area contributed by atoms with Crippen LogP contribution in [0.5, 0.6) is 5.75 Å². The number of carbonyl (C=O) groups excluding carboxylic acids is 1. The smallest absolute Gasteiger partial charge is 0.434 e. The summed E-state index contributed by atoms with van der Waals surface area (Å²) in [5, 5.41) is 15.1. The molecule has 30 heavy (non-hydrogen) atoms. The molecule has 0 radical (unpaired) electrons. The summed E-state index contributed by atoms with van der Waals surface area (Å²) in [5.41, 5.74) is -1.08. The Kier molecular flexibility index (Phi) is 6.28. The highest BCUT2D eigenvalue weighted by molar-refractivity contribution is 6.30. The summed E-state index contributed by atoms with van der Waals surface area (Å²) >= 11 is 5.78. The van der Waals surface area contributed by atoms with Crippen molar-refractivity contribution in [2.24, 2.45) is 0 Å². The van der Waals surface area contributed by atoms with E-state index in [0.717, 1.165) is 6.20 Å². The summed E-state index contributed by atoms with van der Waals surface area (Å²) in [6, 6.07) is 14.0. The quantitative estimate of drug-likeness (QED) is 0.624. The molecule has 0 spiro atoms. The largest absolute Gasteiger partial charge is 0.479 e. The van der Waals surface area contributed by atoms with Crippen LogP contribution in [0.4, 0.5) is 13.2 Å². The second kappa shape index (κ2) is 8.88. The van der Waals surface area contributed by atoms with Crippen molar-refractivity contribution in [1.82, 2.24) is 15.1 Å². The van der Waals surface area contributed by atoms with Crippen LogP contribution in [0.2, 0.25) is 5.02 Å². The lowest BCUT2D eigenvalue weighted by molar-refractivity contribution is -0.143. The summed E-state index contributed by atoms with van der Waals surface area (Å²) in [6.07, 6.45) is -3.94. The number of hydrogen-bond donors (Lipinski definition) is 1. The molecule has 3 rings (SSSR count). The second-order valence-electron chi connectivity index (χ2n) is 6.07. The zero-order chi connectivity index (χ0) is 21.7. The molecule has 0 fully saturated rings. The SMILES string of the molecule is N#CCOc1cccc(CNC(=O)c2cnn(-c3ccc(Cl)cc3)c2C(F)(F)F)c1. The maximum atomic E-state index is 13.7. The van der Waals surface area contributed by atoms with E-state index in [0.29, 0.717) is 21.0 Å². The number of aromatic nitrogens is 2. The van der Waals surface area contributed by atoms with Crippen LogP contribution in [0.3, 0.4) is 0 Å². The average Bonchev–Trinajstić information content (AvgIpc) is 3.17. The number of carbonyl (C=O) groups is 1. The standard InChI is InChI=1S/C20H14ClF3N4O2/c21-14-4-6-15(7-5-14)28-18(20(22,23)24)17(12-27-28)19(29)26-11-13-2-1-3-16(10-13)30-9-8-25/h1-7,10,12H,9,11H2,(H,26,29). The Labute approximate surface area is 174 Å². The molecule has 0 saturated heterocycles. The number of halogens is 4. The first kappa shape index (κ1) is 21.2. The highest BCUT2D eigenvalue weighted by atomic mass is 35.5. The number of amides is 1. The lowest BCUT2D eigenvalue weighted by atomic mass is 10.2. The number of ether oxygens (including phenoxy) is 1. The molecule has 0 unspecified atom stereocenters. The molecule has 0 bridgehead atoms. The molecular weight excluding hydrogens is 421 g/mol. The maximum Gasteiger partial charge on any atom is 0.434 e. The number of hydrogen-bond acceptors (Lipinski definition) is 4. The number of rotatable bonds is 6. The van der Waals surface area contributed by atoms with Crippen LogP contribution in [0.25, 0.3) is 5.69 Å². The van der Waals surface area contributed by atoms with Crippen LogP contribution < -0.4 is 10.1 Å². The minimum Gasteiger partial charge on any atom is -0.479 e. The van der Waals surface area contributed by atoms with Crippen LogP contribution in [0.1, 0.15) is 21.6 Å². The first-order chi connectivity index (χ1) is 14.3. The number of nitrogens with one attached hydrogen (secondary N) is 1. The van der Waals surface area contributed by atoms with E-state index in [4.69, 9.17) is 21.6 Å². The Bertz CT molecular complexity index is 1090. The first-order valence-electron chi connectivity index (χ1n) is 8.57. The molecule has 1 heterocycles. The molecule has 0 atom stereocenters. The fourth-order valence-corrected chi connectivity index (χ4v) is 2.83. The molecule has 6 nitrogen and oxygen atoms in total. The predicted molar refractivity (Wildman–Crippen MR) is 102 cm³/mol. The van der Waals surface area contributed by atoms with Crippen LogP contribution >= 0.6 is 11.6 Å². The van der Waals surface area contributed by atoms with Gasteiger partial charge in [0, 0.05) is 11.6 Å². The minimum absolute atomic E-state index is 0.0357. The van der Waals surface area contributed by atoms with Gasteiger partial charge in [0.2, 0.25) is 0 Å². The van der Waals surface area contributed by atoms with Gasteiger partial charge < -0.3 is 10.1 Å². The number of nitriles is 1. The number of benzene rings is 2. The Hall–Kier alpha value is -3.51. The third-order valence-corrected chi connectivity index (χ3v) is 4.26. The lowest BCUT2D eigenvalue weighted by Crippen LogP contribution is -2.26. The Morgan fingerprint density at radius 2 is 1.97 bits per heavy atom. The van der Waals surface area contributed by atoms with Gasteiger partial charge in [0.15, 0.2) is 12.3 Å². The third-order valence-electron chi connectivity index (χ3n) is 4.01. The van der Waals surface area contributed by atoms with Gasteiger partial charge in [-0.05, 0) is 42.0 Å². The van der Waals surface area contributed by atoms with Crippen molar-refractivity contribution >= 4 is 17.5 Å². The van der Waals surface area contributed by atoms with Crippen LogP contribution in [-0.2, 0) is 12.7 Å². The topological polar surface area (TPSA) is 79.9 Å². The maximum absolute atomic E-state index is 13.7. The monoisotopic (exact) mass is 434 g/mol. The van der Waals surface area contributed by atoms with E-state index in [1.165, 1.54) is 24.3 Å². The van der Waals surface area contributed by atoms with Gasteiger partial charge in [0.25, 0.3) is 5.91 Å². The lowest BCUT2D eigenvalue weighted by Gasteiger charge is -2.13. The molecule has 0 saturated carbocycles. The van der Waals surface area contributed by atoms with Crippen molar-refractivity contribution in [1.29, 1.82) is 5.26 Å². The Morgan fingerprint density at radius 1 is 1.23 bits per heavy atom. The van der Waals surface area contributed by atoms with Crippen LogP contribution in [-0.4, -0.2) is 22.3 Å². The van der Waals surface area contributed by atoms with E-state index in [1.54, 1.807) is 24.3 Å². The van der Waals surface area contributed by atoms with Gasteiger partial charge in [-0.15, -0.1) is 0 Å². The molecular formula is C20H14ClF3N4O2. The highest BCUT2D eigenvalue weighted by Gasteiger charge is 2.40. The van der Waals surface area contributed by atoms with Crippen molar-refractivity contribution in [3.63, 3.8) is 0 Å². The fourth-order valence-electron chi connectivity index (χ4n) is 2.70. The van der Waals surface area contributed by atoms with E-state index in [-0.39, 0.29) is 18.8 Å². The first-order valence-corrected chi connectivity index (χ1v) is 8.95. The summed E-state index contributed by atoms with van der Waals surface area (Å²) in [5.74, 6) is -0.513. The van der Waals surface area contributed by atoms with Crippen molar-refractivity contribution in [3.8, 4) is 17.5 Å². The average molecular weight is 435 g/mol. The Morgan fingerprint density at radius 3 is 2.63 bits per heavy atom. The molecule has 1 amide bonds. The van der Waals surface area contributed by atoms with E-state index < -0.39 is 23.3 Å². The predicted octanol–water partition coefficient (Wildman–Crippen LogP) is 4.38. The normalized spacial score (nSPS) is 11.0. The van der Waals surface area contributed by atoms with Crippen molar-refractivity contribution < 1.29 is 22.7 Å². The summed E-state index contributed by atoms with van der Waals surface area (Å²) in [7, 11) is 0. The zero-order valence-electron chi connectivity index (χ0n) is 15.3. The number of nitrogens with zero attached hydrogens (tertiary/aromatic N) is 3. The minimum atomic E-state index is -4.81. The summed E-state index contributed by atoms with van der Waals surface area (Å²) in [4.78, 5) is 12.5. The zero-order valence-corrected chi connectivity index (χ0v) is 16.0. The Balaban J connectivity index is 1.83. The van der Waals surface area contributed by atoms with Gasteiger partial charge in [-0.3, -0.25) is 4.79 Å². The second-order valence-corrected chi connectivity index (χ2v) is 6.51. The molecule has 0 aliphatic heterocycles. The van der Waals surface area contributed by atoms with Crippen molar-refractivity contribution in [3.05, 3.63) is 76.6 Å². The highest BCUT2D eigenvalue weighted by Crippen LogP contribution is 2.34. The molecule has 0 aliphatic carbocycles. The molecule has 0 aliphatic rings. The van der Waals surface area contributed by atoms with Crippen molar-refractivity contribution in [2.75, 3.05) is 6.61 Å². The van der Waals surface area contributed by atoms with Gasteiger partial charge in [-0.2, -0.15) is 23.5 Å². The van der Waals surface area contributed by atoms with Gasteiger partial charge in [0.1, 0.15) is 11.8 Å². The summed E-state index contributed by atoms with van der Waals surface area (Å²) in [6.45, 7) is -0.180. The van der Waals surface area contributed by atoms with Gasteiger partial charge in [-0.25, -0.2) is 4.68 Å². The molecule has 1 aromatic heterocycles. The molecule has 1 N–H and O–H groups in total. The third kappa shape index (κ3) is 4.90. The molecule has 2 aromatic carbocycles. The fraction of sp³-hybridized carbons (Fsp3) is 0.150. The van der Waals surface area contributed by atoms with Crippen LogP contribution in [0, 0.1) is 11.3 Å². The van der Waals surface area contributed by atoms with Gasteiger partial charge in [0.05, 0.1) is 17.4 Å². The van der Waals surface area contributed by atoms with Gasteiger partial charge >= 0.3 is 6.18 Å². The summed E-state index contributed by atoms with van der Waals surface area (Å²) < 4.78 is 46.9. The number of alkyl halides is 3.